The Kier molecular flexibility index (Phi) is 3.63. The summed E-state index contributed by atoms with van der Waals surface area (Å²) in [7, 11) is 0. The van der Waals surface area contributed by atoms with Gasteiger partial charge in [0.15, 0.2) is 5.13 Å². The standard InChI is InChI=1S/C11H16N2OS/c1-5-6-9(14)13-10-12-8(7-15-10)11(2,3)4/h5-7H,1-4H3,(H,12,13,14). The lowest BCUT2D eigenvalue weighted by Crippen LogP contribution is -2.12. The summed E-state index contributed by atoms with van der Waals surface area (Å²) in [6.45, 7) is 8.10. The lowest BCUT2D eigenvalue weighted by Gasteiger charge is -2.14. The Morgan fingerprint density at radius 1 is 1.53 bits per heavy atom. The van der Waals surface area contributed by atoms with Crippen molar-refractivity contribution in [3.63, 3.8) is 0 Å². The van der Waals surface area contributed by atoms with E-state index in [9.17, 15) is 4.79 Å². The molecule has 0 spiro atoms. The smallest absolute Gasteiger partial charge is 0.249 e. The molecule has 0 atom stereocenters. The molecular formula is C11H16N2OS. The van der Waals surface area contributed by atoms with Crippen LogP contribution in [0.25, 0.3) is 0 Å². The third kappa shape index (κ3) is 3.47. The van der Waals surface area contributed by atoms with E-state index >= 15 is 0 Å². The van der Waals surface area contributed by atoms with E-state index in [1.54, 1.807) is 6.08 Å². The van der Waals surface area contributed by atoms with Gasteiger partial charge in [0.1, 0.15) is 0 Å². The number of allylic oxidation sites excluding steroid dienone is 1. The average Bonchev–Trinajstić information content (AvgIpc) is 2.52. The molecule has 0 aliphatic carbocycles. The molecule has 1 N–H and O–H groups in total. The highest BCUT2D eigenvalue weighted by molar-refractivity contribution is 7.14. The summed E-state index contributed by atoms with van der Waals surface area (Å²) in [5.74, 6) is -0.132. The third-order valence-corrected chi connectivity index (χ3v) is 2.58. The molecule has 82 valence electrons. The fourth-order valence-electron chi connectivity index (χ4n) is 0.974. The first kappa shape index (κ1) is 11.9. The first-order valence-electron chi connectivity index (χ1n) is 4.83. The number of aromatic nitrogens is 1. The molecule has 0 radical (unpaired) electrons. The van der Waals surface area contributed by atoms with Gasteiger partial charge in [-0.25, -0.2) is 4.98 Å². The summed E-state index contributed by atoms with van der Waals surface area (Å²) in [5, 5.41) is 5.35. The van der Waals surface area contributed by atoms with E-state index in [0.717, 1.165) is 5.69 Å². The van der Waals surface area contributed by atoms with Crippen LogP contribution in [0.2, 0.25) is 0 Å². The molecule has 1 amide bonds. The highest BCUT2D eigenvalue weighted by Crippen LogP contribution is 2.26. The second kappa shape index (κ2) is 4.57. The Hall–Kier alpha value is -1.16. The monoisotopic (exact) mass is 224 g/mol. The predicted octanol–water partition coefficient (Wildman–Crippen LogP) is 2.96. The Morgan fingerprint density at radius 2 is 2.20 bits per heavy atom. The molecule has 1 rings (SSSR count). The SMILES string of the molecule is CC=CC(=O)Nc1nc(C(C)(C)C)cs1. The van der Waals surface area contributed by atoms with Gasteiger partial charge in [0.25, 0.3) is 0 Å². The maximum atomic E-state index is 11.2. The first-order valence-corrected chi connectivity index (χ1v) is 5.71. The average molecular weight is 224 g/mol. The highest BCUT2D eigenvalue weighted by Gasteiger charge is 2.17. The molecule has 0 unspecified atom stereocenters. The lowest BCUT2D eigenvalue weighted by atomic mass is 9.93. The predicted molar refractivity (Wildman–Crippen MR) is 64.3 cm³/mol. The van der Waals surface area contributed by atoms with Gasteiger partial charge in [-0.1, -0.05) is 26.8 Å². The van der Waals surface area contributed by atoms with Crippen molar-refractivity contribution in [3.05, 3.63) is 23.2 Å². The number of hydrogen-bond acceptors (Lipinski definition) is 3. The minimum Gasteiger partial charge on any atom is -0.298 e. The van der Waals surface area contributed by atoms with Crippen LogP contribution in [0.5, 0.6) is 0 Å². The zero-order valence-corrected chi connectivity index (χ0v) is 10.3. The molecule has 0 saturated carbocycles. The quantitative estimate of drug-likeness (QED) is 0.785. The van der Waals surface area contributed by atoms with Gasteiger partial charge in [-0.2, -0.15) is 0 Å². The summed E-state index contributed by atoms with van der Waals surface area (Å²) >= 11 is 1.45. The van der Waals surface area contributed by atoms with E-state index < -0.39 is 0 Å². The molecule has 0 aromatic carbocycles. The van der Waals surface area contributed by atoms with Gasteiger partial charge in [0.05, 0.1) is 5.69 Å². The Morgan fingerprint density at radius 3 is 2.67 bits per heavy atom. The Labute approximate surface area is 94.2 Å². The van der Waals surface area contributed by atoms with Crippen LogP contribution < -0.4 is 5.32 Å². The van der Waals surface area contributed by atoms with Crippen molar-refractivity contribution < 1.29 is 4.79 Å². The van der Waals surface area contributed by atoms with E-state index in [4.69, 9.17) is 0 Å². The molecule has 1 aromatic rings. The molecule has 1 heterocycles. The van der Waals surface area contributed by atoms with E-state index in [1.807, 2.05) is 12.3 Å². The van der Waals surface area contributed by atoms with E-state index in [-0.39, 0.29) is 11.3 Å². The summed E-state index contributed by atoms with van der Waals surface area (Å²) < 4.78 is 0. The number of anilines is 1. The van der Waals surface area contributed by atoms with Gasteiger partial charge >= 0.3 is 0 Å². The van der Waals surface area contributed by atoms with Gasteiger partial charge in [-0.3, -0.25) is 10.1 Å². The zero-order valence-electron chi connectivity index (χ0n) is 9.50. The number of amides is 1. The Bertz CT molecular complexity index is 374. The van der Waals surface area contributed by atoms with Crippen molar-refractivity contribution in [2.45, 2.75) is 33.1 Å². The van der Waals surface area contributed by atoms with Crippen molar-refractivity contribution in [2.75, 3.05) is 5.32 Å². The van der Waals surface area contributed by atoms with Crippen LogP contribution in [0.3, 0.4) is 0 Å². The number of carbonyl (C=O) groups is 1. The van der Waals surface area contributed by atoms with Crippen LogP contribution in [0, 0.1) is 0 Å². The Balaban J connectivity index is 2.73. The van der Waals surface area contributed by atoms with Gasteiger partial charge in [0, 0.05) is 10.8 Å². The van der Waals surface area contributed by atoms with E-state index in [1.165, 1.54) is 17.4 Å². The van der Waals surface area contributed by atoms with Gasteiger partial charge in [-0.05, 0) is 13.0 Å². The van der Waals surface area contributed by atoms with Crippen LogP contribution in [0.1, 0.15) is 33.4 Å². The fraction of sp³-hybridized carbons (Fsp3) is 0.455. The minimum absolute atomic E-state index is 0.0279. The number of carbonyl (C=O) groups excluding carboxylic acids is 1. The maximum absolute atomic E-state index is 11.2. The molecule has 4 heteroatoms. The molecular weight excluding hydrogens is 208 g/mol. The molecule has 0 fully saturated rings. The fourth-order valence-corrected chi connectivity index (χ4v) is 1.91. The molecule has 0 saturated heterocycles. The number of nitrogens with one attached hydrogen (secondary N) is 1. The second-order valence-electron chi connectivity index (χ2n) is 4.28. The number of hydrogen-bond donors (Lipinski definition) is 1. The summed E-state index contributed by atoms with van der Waals surface area (Å²) in [6.07, 6.45) is 3.19. The number of thiazole rings is 1. The second-order valence-corrected chi connectivity index (χ2v) is 5.14. The van der Waals surface area contributed by atoms with Crippen molar-refractivity contribution in [1.82, 2.24) is 4.98 Å². The normalized spacial score (nSPS) is 12.0. The van der Waals surface area contributed by atoms with Gasteiger partial charge in [0.2, 0.25) is 5.91 Å². The number of rotatable bonds is 2. The molecule has 0 aliphatic heterocycles. The van der Waals surface area contributed by atoms with Crippen LogP contribution in [0.4, 0.5) is 5.13 Å². The highest BCUT2D eigenvalue weighted by atomic mass is 32.1. The summed E-state index contributed by atoms with van der Waals surface area (Å²) in [5.41, 5.74) is 1.03. The topological polar surface area (TPSA) is 42.0 Å². The van der Waals surface area contributed by atoms with Gasteiger partial charge in [-0.15, -0.1) is 11.3 Å². The molecule has 1 aromatic heterocycles. The van der Waals surface area contributed by atoms with Gasteiger partial charge < -0.3 is 0 Å². The first-order chi connectivity index (χ1) is 6.93. The van der Waals surface area contributed by atoms with Crippen LogP contribution in [-0.2, 0) is 10.2 Å². The minimum atomic E-state index is -0.132. The number of nitrogens with zero attached hydrogens (tertiary/aromatic N) is 1. The lowest BCUT2D eigenvalue weighted by molar-refractivity contribution is -0.111. The maximum Gasteiger partial charge on any atom is 0.249 e. The summed E-state index contributed by atoms with van der Waals surface area (Å²) in [4.78, 5) is 15.6. The molecule has 3 nitrogen and oxygen atoms in total. The van der Waals surface area contributed by atoms with Crippen LogP contribution in [-0.4, -0.2) is 10.9 Å². The van der Waals surface area contributed by atoms with Crippen LogP contribution in [0.15, 0.2) is 17.5 Å². The van der Waals surface area contributed by atoms with Crippen LogP contribution >= 0.6 is 11.3 Å². The molecule has 0 bridgehead atoms. The summed E-state index contributed by atoms with van der Waals surface area (Å²) in [6, 6.07) is 0. The largest absolute Gasteiger partial charge is 0.298 e. The third-order valence-electron chi connectivity index (χ3n) is 1.82. The van der Waals surface area contributed by atoms with E-state index in [0.29, 0.717) is 5.13 Å². The van der Waals surface area contributed by atoms with E-state index in [2.05, 4.69) is 31.1 Å². The zero-order chi connectivity index (χ0) is 11.5. The van der Waals surface area contributed by atoms with Crippen molar-refractivity contribution >= 4 is 22.4 Å². The molecule has 15 heavy (non-hydrogen) atoms. The molecule has 0 aliphatic rings. The van der Waals surface area contributed by atoms with Crippen molar-refractivity contribution in [1.29, 1.82) is 0 Å². The van der Waals surface area contributed by atoms with Crippen molar-refractivity contribution in [2.24, 2.45) is 0 Å². The van der Waals surface area contributed by atoms with Crippen molar-refractivity contribution in [3.8, 4) is 0 Å².